The van der Waals surface area contributed by atoms with Crippen LogP contribution in [-0.4, -0.2) is 37.9 Å². The molecular formula is C20H18ClNO5. The minimum absolute atomic E-state index is 0.0337. The Balaban J connectivity index is 1.60. The van der Waals surface area contributed by atoms with Gasteiger partial charge in [0.2, 0.25) is 5.91 Å². The molecule has 140 valence electrons. The third kappa shape index (κ3) is 4.28. The summed E-state index contributed by atoms with van der Waals surface area (Å²) in [6.07, 6.45) is 0.0337. The molecule has 3 rings (SSSR count). The number of nitrogens with zero attached hydrogens (tertiary/aromatic N) is 1. The molecular weight excluding hydrogens is 370 g/mol. The largest absolute Gasteiger partial charge is 0.495 e. The Morgan fingerprint density at radius 1 is 1.15 bits per heavy atom. The van der Waals surface area contributed by atoms with Crippen LogP contribution in [0.3, 0.4) is 0 Å². The number of carbonyl (C=O) groups is 3. The van der Waals surface area contributed by atoms with E-state index in [1.54, 1.807) is 48.5 Å². The van der Waals surface area contributed by atoms with Crippen LogP contribution in [0.5, 0.6) is 5.75 Å². The van der Waals surface area contributed by atoms with E-state index in [1.165, 1.54) is 12.0 Å². The van der Waals surface area contributed by atoms with Crippen molar-refractivity contribution in [2.24, 2.45) is 5.92 Å². The maximum atomic E-state index is 12.3. The molecule has 2 aromatic carbocycles. The highest BCUT2D eigenvalue weighted by atomic mass is 35.5. The monoisotopic (exact) mass is 387 g/mol. The molecule has 1 saturated heterocycles. The quantitative estimate of drug-likeness (QED) is 0.562. The van der Waals surface area contributed by atoms with Crippen molar-refractivity contribution < 1.29 is 23.9 Å². The van der Waals surface area contributed by atoms with Crippen LogP contribution >= 0.6 is 11.6 Å². The highest BCUT2D eigenvalue weighted by Crippen LogP contribution is 2.33. The Kier molecular flexibility index (Phi) is 5.76. The zero-order chi connectivity index (χ0) is 19.4. The first-order chi connectivity index (χ1) is 13.0. The third-order valence-electron chi connectivity index (χ3n) is 4.35. The number of rotatable bonds is 6. The molecule has 0 radical (unpaired) electrons. The van der Waals surface area contributed by atoms with E-state index in [9.17, 15) is 14.4 Å². The molecule has 0 saturated carbocycles. The van der Waals surface area contributed by atoms with Gasteiger partial charge in [-0.1, -0.05) is 23.7 Å². The zero-order valence-corrected chi connectivity index (χ0v) is 15.4. The second-order valence-corrected chi connectivity index (χ2v) is 6.55. The summed E-state index contributed by atoms with van der Waals surface area (Å²) in [7, 11) is 1.52. The Bertz CT molecular complexity index is 865. The van der Waals surface area contributed by atoms with Gasteiger partial charge >= 0.3 is 5.97 Å². The first-order valence-electron chi connectivity index (χ1n) is 8.38. The Labute approximate surface area is 161 Å². The lowest BCUT2D eigenvalue weighted by molar-refractivity contribution is -0.147. The normalized spacial score (nSPS) is 16.3. The van der Waals surface area contributed by atoms with Crippen LogP contribution in [-0.2, 0) is 14.3 Å². The van der Waals surface area contributed by atoms with Crippen LogP contribution in [0, 0.1) is 5.92 Å². The number of para-hydroxylation sites is 2. The van der Waals surface area contributed by atoms with Crippen molar-refractivity contribution in [3.8, 4) is 5.75 Å². The molecule has 0 bridgehead atoms. The molecule has 1 atom stereocenters. The van der Waals surface area contributed by atoms with Gasteiger partial charge in [0, 0.05) is 23.6 Å². The summed E-state index contributed by atoms with van der Waals surface area (Å²) in [6.45, 7) is -0.188. The van der Waals surface area contributed by atoms with Crippen LogP contribution in [0.4, 0.5) is 5.69 Å². The molecule has 0 aliphatic carbocycles. The van der Waals surface area contributed by atoms with E-state index in [0.29, 0.717) is 22.0 Å². The summed E-state index contributed by atoms with van der Waals surface area (Å²) in [4.78, 5) is 38.2. The smallest absolute Gasteiger partial charge is 0.311 e. The lowest BCUT2D eigenvalue weighted by Crippen LogP contribution is -2.27. The number of Topliss-reactive ketones (excluding diaryl/α,β-unsaturated/α-hetero) is 1. The third-order valence-corrected chi connectivity index (χ3v) is 4.60. The predicted molar refractivity (Wildman–Crippen MR) is 100 cm³/mol. The van der Waals surface area contributed by atoms with Crippen molar-refractivity contribution in [3.05, 3.63) is 59.1 Å². The second kappa shape index (κ2) is 8.22. The highest BCUT2D eigenvalue weighted by Gasteiger charge is 2.37. The summed E-state index contributed by atoms with van der Waals surface area (Å²) in [5, 5.41) is 0.518. The molecule has 27 heavy (non-hydrogen) atoms. The van der Waals surface area contributed by atoms with Crippen molar-refractivity contribution in [1.82, 2.24) is 0 Å². The minimum atomic E-state index is -0.625. The van der Waals surface area contributed by atoms with Gasteiger partial charge in [-0.15, -0.1) is 0 Å². The summed E-state index contributed by atoms with van der Waals surface area (Å²) in [5.74, 6) is -1.15. The maximum absolute atomic E-state index is 12.3. The highest BCUT2D eigenvalue weighted by molar-refractivity contribution is 6.30. The number of ketones is 1. The molecule has 7 heteroatoms. The molecule has 1 aliphatic rings. The van der Waals surface area contributed by atoms with E-state index in [4.69, 9.17) is 21.1 Å². The van der Waals surface area contributed by atoms with Gasteiger partial charge in [0.1, 0.15) is 5.75 Å². The van der Waals surface area contributed by atoms with E-state index in [1.807, 2.05) is 0 Å². The van der Waals surface area contributed by atoms with Gasteiger partial charge in [-0.25, -0.2) is 0 Å². The summed E-state index contributed by atoms with van der Waals surface area (Å²) in [5.41, 5.74) is 1.02. The van der Waals surface area contributed by atoms with Gasteiger partial charge in [0.15, 0.2) is 12.4 Å². The second-order valence-electron chi connectivity index (χ2n) is 6.12. The van der Waals surface area contributed by atoms with Crippen molar-refractivity contribution in [1.29, 1.82) is 0 Å². The summed E-state index contributed by atoms with van der Waals surface area (Å²) >= 11 is 5.79. The molecule has 0 N–H and O–H groups in total. The van der Waals surface area contributed by atoms with Crippen LogP contribution < -0.4 is 9.64 Å². The number of ether oxygens (including phenoxy) is 2. The first kappa shape index (κ1) is 18.9. The van der Waals surface area contributed by atoms with Crippen LogP contribution in [0.25, 0.3) is 0 Å². The Hall–Kier alpha value is -2.86. The van der Waals surface area contributed by atoms with Gasteiger partial charge in [-0.2, -0.15) is 0 Å². The van der Waals surface area contributed by atoms with Gasteiger partial charge < -0.3 is 14.4 Å². The number of hydrogen-bond acceptors (Lipinski definition) is 5. The van der Waals surface area contributed by atoms with E-state index in [2.05, 4.69) is 0 Å². The van der Waals surface area contributed by atoms with E-state index >= 15 is 0 Å². The average Bonchev–Trinajstić information content (AvgIpc) is 3.08. The number of esters is 1. The van der Waals surface area contributed by atoms with Crippen molar-refractivity contribution in [2.45, 2.75) is 6.42 Å². The zero-order valence-electron chi connectivity index (χ0n) is 14.7. The van der Waals surface area contributed by atoms with Crippen molar-refractivity contribution in [3.63, 3.8) is 0 Å². The Morgan fingerprint density at radius 2 is 1.85 bits per heavy atom. The number of methoxy groups -OCH3 is 1. The molecule has 1 aliphatic heterocycles. The van der Waals surface area contributed by atoms with Gasteiger partial charge in [0.05, 0.1) is 18.7 Å². The molecule has 1 fully saturated rings. The average molecular weight is 388 g/mol. The molecule has 1 unspecified atom stereocenters. The fourth-order valence-electron chi connectivity index (χ4n) is 2.92. The van der Waals surface area contributed by atoms with Crippen molar-refractivity contribution >= 4 is 34.9 Å². The fourth-order valence-corrected chi connectivity index (χ4v) is 3.05. The number of carbonyl (C=O) groups excluding carboxylic acids is 3. The number of hydrogen-bond donors (Lipinski definition) is 0. The molecule has 1 heterocycles. The predicted octanol–water partition coefficient (Wildman–Crippen LogP) is 3.13. The number of anilines is 1. The first-order valence-corrected chi connectivity index (χ1v) is 8.76. The molecule has 1 amide bonds. The Morgan fingerprint density at radius 3 is 2.56 bits per heavy atom. The molecule has 0 aromatic heterocycles. The molecule has 2 aromatic rings. The number of benzene rings is 2. The molecule has 6 nitrogen and oxygen atoms in total. The number of halogens is 1. The number of amides is 1. The standard InChI is InChI=1S/C20H18ClNO5/c1-26-18-5-3-2-4-16(18)22-11-14(10-19(22)24)20(25)27-12-17(23)13-6-8-15(21)9-7-13/h2-9,14H,10-12H2,1H3. The van der Waals surface area contributed by atoms with Gasteiger partial charge in [-0.05, 0) is 36.4 Å². The maximum Gasteiger partial charge on any atom is 0.311 e. The topological polar surface area (TPSA) is 72.9 Å². The SMILES string of the molecule is COc1ccccc1N1CC(C(=O)OCC(=O)c2ccc(Cl)cc2)CC1=O. The van der Waals surface area contributed by atoms with Crippen LogP contribution in [0.2, 0.25) is 5.02 Å². The van der Waals surface area contributed by atoms with Crippen LogP contribution in [0.15, 0.2) is 48.5 Å². The van der Waals surface area contributed by atoms with Crippen molar-refractivity contribution in [2.75, 3.05) is 25.2 Å². The fraction of sp³-hybridized carbons (Fsp3) is 0.250. The molecule has 0 spiro atoms. The van der Waals surface area contributed by atoms with Gasteiger partial charge in [-0.3, -0.25) is 14.4 Å². The van der Waals surface area contributed by atoms with E-state index in [-0.39, 0.29) is 31.3 Å². The van der Waals surface area contributed by atoms with Crippen LogP contribution in [0.1, 0.15) is 16.8 Å². The van der Waals surface area contributed by atoms with E-state index in [0.717, 1.165) is 0 Å². The minimum Gasteiger partial charge on any atom is -0.495 e. The van der Waals surface area contributed by atoms with Gasteiger partial charge in [0.25, 0.3) is 0 Å². The lowest BCUT2D eigenvalue weighted by atomic mass is 10.1. The summed E-state index contributed by atoms with van der Waals surface area (Å²) < 4.78 is 10.4. The lowest BCUT2D eigenvalue weighted by Gasteiger charge is -2.19. The summed E-state index contributed by atoms with van der Waals surface area (Å²) in [6, 6.07) is 13.4. The van der Waals surface area contributed by atoms with E-state index < -0.39 is 11.9 Å².